The highest BCUT2D eigenvalue weighted by Crippen LogP contribution is 2.41. The topological polar surface area (TPSA) is 56.6 Å². The molecule has 8 heteroatoms. The molecule has 0 aromatic carbocycles. The molecule has 1 amide bonds. The molecule has 30 heavy (non-hydrogen) atoms. The summed E-state index contributed by atoms with van der Waals surface area (Å²) in [6.45, 7) is 6.94. The lowest BCUT2D eigenvalue weighted by atomic mass is 9.93. The Kier molecular flexibility index (Phi) is 5.26. The smallest absolute Gasteiger partial charge is 0.242 e. The number of likely N-dealkylation sites (N-methyl/N-ethyl adjacent to an activating group) is 1. The fourth-order valence-corrected chi connectivity index (χ4v) is 5.63. The average Bonchev–Trinajstić information content (AvgIpc) is 3.26. The van der Waals surface area contributed by atoms with Crippen molar-refractivity contribution < 1.29 is 9.53 Å². The summed E-state index contributed by atoms with van der Waals surface area (Å²) in [7, 11) is 3.83. The third kappa shape index (κ3) is 3.22. The molecule has 0 aliphatic carbocycles. The van der Waals surface area contributed by atoms with E-state index in [0.29, 0.717) is 13.2 Å². The van der Waals surface area contributed by atoms with Crippen molar-refractivity contribution in [3.8, 4) is 0 Å². The summed E-state index contributed by atoms with van der Waals surface area (Å²) in [4.78, 5) is 27.3. The Bertz CT molecular complexity index is 906. The van der Waals surface area contributed by atoms with Gasteiger partial charge in [0.15, 0.2) is 0 Å². The minimum atomic E-state index is -0.155. The number of amides is 1. The second-order valence-corrected chi connectivity index (χ2v) is 8.89. The standard InChI is InChI=1S/C22H32N6O2/c1-24-11-12-27-19(17-24)21(29)28(13-14-30-2)22(27)6-9-25(10-7-22)16-18-15-23-20-5-3-4-8-26(18)20/h3-5,8,15,19H,6-7,9-14,16-17H2,1-2H3/t19-/m1/s1. The zero-order valence-corrected chi connectivity index (χ0v) is 18.0. The van der Waals surface area contributed by atoms with Gasteiger partial charge in [-0.25, -0.2) is 4.98 Å². The van der Waals surface area contributed by atoms with Crippen LogP contribution in [0.5, 0.6) is 0 Å². The molecule has 1 atom stereocenters. The summed E-state index contributed by atoms with van der Waals surface area (Å²) in [5, 5.41) is 0. The highest BCUT2D eigenvalue weighted by molar-refractivity contribution is 5.85. The van der Waals surface area contributed by atoms with E-state index in [4.69, 9.17) is 4.74 Å². The van der Waals surface area contributed by atoms with Crippen molar-refractivity contribution in [1.29, 1.82) is 0 Å². The first kappa shape index (κ1) is 19.9. The Hall–Kier alpha value is -2.00. The van der Waals surface area contributed by atoms with Crippen molar-refractivity contribution in [3.05, 3.63) is 36.3 Å². The highest BCUT2D eigenvalue weighted by Gasteiger charge is 2.57. The lowest BCUT2D eigenvalue weighted by Crippen LogP contribution is -2.63. The molecule has 5 rings (SSSR count). The lowest BCUT2D eigenvalue weighted by molar-refractivity contribution is -0.135. The molecular weight excluding hydrogens is 380 g/mol. The van der Waals surface area contributed by atoms with Gasteiger partial charge in [0, 0.05) is 59.1 Å². The largest absolute Gasteiger partial charge is 0.383 e. The first-order valence-corrected chi connectivity index (χ1v) is 11.0. The van der Waals surface area contributed by atoms with Crippen molar-refractivity contribution in [2.75, 3.05) is 60.0 Å². The molecule has 3 fully saturated rings. The minimum Gasteiger partial charge on any atom is -0.383 e. The fraction of sp³-hybridized carbons (Fsp3) is 0.636. The summed E-state index contributed by atoms with van der Waals surface area (Å²) in [5.74, 6) is 0.286. The number of ether oxygens (including phenoxy) is 1. The van der Waals surface area contributed by atoms with E-state index >= 15 is 0 Å². The van der Waals surface area contributed by atoms with E-state index in [0.717, 1.165) is 57.8 Å². The van der Waals surface area contributed by atoms with Gasteiger partial charge in [-0.1, -0.05) is 6.07 Å². The van der Waals surface area contributed by atoms with Crippen LogP contribution in [0.4, 0.5) is 0 Å². The number of aromatic nitrogens is 2. The number of carbonyl (C=O) groups is 1. The van der Waals surface area contributed by atoms with Crippen LogP contribution < -0.4 is 0 Å². The molecule has 0 unspecified atom stereocenters. The molecule has 8 nitrogen and oxygen atoms in total. The van der Waals surface area contributed by atoms with Crippen LogP contribution in [0.3, 0.4) is 0 Å². The van der Waals surface area contributed by atoms with Crippen LogP contribution >= 0.6 is 0 Å². The molecule has 1 spiro atoms. The number of hydrogen-bond acceptors (Lipinski definition) is 6. The Morgan fingerprint density at radius 1 is 1.20 bits per heavy atom. The van der Waals surface area contributed by atoms with E-state index in [1.54, 1.807) is 7.11 Å². The van der Waals surface area contributed by atoms with Gasteiger partial charge < -0.3 is 18.9 Å². The number of nitrogens with zero attached hydrogens (tertiary/aromatic N) is 6. The molecule has 3 saturated heterocycles. The normalized spacial score (nSPS) is 25.5. The number of hydrogen-bond donors (Lipinski definition) is 0. The van der Waals surface area contributed by atoms with E-state index in [9.17, 15) is 4.79 Å². The third-order valence-corrected chi connectivity index (χ3v) is 7.23. The summed E-state index contributed by atoms with van der Waals surface area (Å²) in [6.07, 6.45) is 6.04. The summed E-state index contributed by atoms with van der Waals surface area (Å²) >= 11 is 0. The molecule has 0 radical (unpaired) electrons. The van der Waals surface area contributed by atoms with Gasteiger partial charge in [0.1, 0.15) is 11.7 Å². The minimum absolute atomic E-state index is 0.00840. The van der Waals surface area contributed by atoms with Crippen LogP contribution in [0.2, 0.25) is 0 Å². The second-order valence-electron chi connectivity index (χ2n) is 8.89. The van der Waals surface area contributed by atoms with Gasteiger partial charge in [0.05, 0.1) is 24.2 Å². The molecule has 162 valence electrons. The van der Waals surface area contributed by atoms with Crippen LogP contribution in [0.1, 0.15) is 18.5 Å². The predicted molar refractivity (Wildman–Crippen MR) is 114 cm³/mol. The van der Waals surface area contributed by atoms with Gasteiger partial charge in [-0.15, -0.1) is 0 Å². The molecule has 0 N–H and O–H groups in total. The summed E-state index contributed by atoms with van der Waals surface area (Å²) in [6, 6.07) is 6.11. The van der Waals surface area contributed by atoms with Crippen LogP contribution in [0.15, 0.2) is 30.6 Å². The number of pyridine rings is 1. The van der Waals surface area contributed by atoms with Gasteiger partial charge in [-0.3, -0.25) is 14.6 Å². The molecule has 5 heterocycles. The quantitative estimate of drug-likeness (QED) is 0.722. The molecule has 2 aromatic heterocycles. The Morgan fingerprint density at radius 2 is 2.03 bits per heavy atom. The Morgan fingerprint density at radius 3 is 2.83 bits per heavy atom. The van der Waals surface area contributed by atoms with Gasteiger partial charge in [0.25, 0.3) is 0 Å². The summed E-state index contributed by atoms with van der Waals surface area (Å²) < 4.78 is 7.52. The van der Waals surface area contributed by atoms with Gasteiger partial charge in [0.2, 0.25) is 5.91 Å². The van der Waals surface area contributed by atoms with Crippen molar-refractivity contribution in [2.24, 2.45) is 0 Å². The predicted octanol–water partition coefficient (Wildman–Crippen LogP) is 0.731. The molecule has 3 aliphatic rings. The fourth-order valence-electron chi connectivity index (χ4n) is 5.63. The zero-order chi connectivity index (χ0) is 20.7. The van der Waals surface area contributed by atoms with E-state index in [1.807, 2.05) is 18.3 Å². The third-order valence-electron chi connectivity index (χ3n) is 7.23. The van der Waals surface area contributed by atoms with E-state index in [1.165, 1.54) is 5.69 Å². The maximum Gasteiger partial charge on any atom is 0.242 e. The number of methoxy groups -OCH3 is 1. The number of rotatable bonds is 5. The number of fused-ring (bicyclic) bond motifs is 3. The van der Waals surface area contributed by atoms with Gasteiger partial charge in [-0.05, 0) is 32.0 Å². The molecule has 0 bridgehead atoms. The van der Waals surface area contributed by atoms with E-state index in [-0.39, 0.29) is 17.6 Å². The Labute approximate surface area is 178 Å². The molecule has 0 saturated carbocycles. The lowest BCUT2D eigenvalue weighted by Gasteiger charge is -2.50. The number of imidazole rings is 1. The second kappa shape index (κ2) is 7.92. The molecule has 2 aromatic rings. The average molecular weight is 413 g/mol. The first-order chi connectivity index (χ1) is 14.6. The maximum atomic E-state index is 13.3. The number of piperidine rings is 1. The number of likely N-dealkylation sites (tertiary alicyclic amines) is 1. The summed E-state index contributed by atoms with van der Waals surface area (Å²) in [5.41, 5.74) is 2.06. The monoisotopic (exact) mass is 412 g/mol. The van der Waals surface area contributed by atoms with Crippen LogP contribution in [0, 0.1) is 0 Å². The van der Waals surface area contributed by atoms with Crippen molar-refractivity contribution in [1.82, 2.24) is 29.0 Å². The molecular formula is C22H32N6O2. The van der Waals surface area contributed by atoms with Crippen molar-refractivity contribution in [3.63, 3.8) is 0 Å². The van der Waals surface area contributed by atoms with Crippen molar-refractivity contribution in [2.45, 2.75) is 31.1 Å². The van der Waals surface area contributed by atoms with E-state index in [2.05, 4.69) is 48.3 Å². The van der Waals surface area contributed by atoms with Crippen molar-refractivity contribution >= 4 is 11.6 Å². The SMILES string of the molecule is COCCN1C(=O)[C@H]2CN(C)CCN2C12CCN(Cc1cnc3ccccn13)CC2. The first-order valence-electron chi connectivity index (χ1n) is 11.0. The van der Waals surface area contributed by atoms with Gasteiger partial charge in [-0.2, -0.15) is 0 Å². The maximum absolute atomic E-state index is 13.3. The zero-order valence-electron chi connectivity index (χ0n) is 18.0. The van der Waals surface area contributed by atoms with Crippen LogP contribution in [-0.4, -0.2) is 107 Å². The number of piperazine rings is 1. The van der Waals surface area contributed by atoms with E-state index < -0.39 is 0 Å². The Balaban J connectivity index is 1.33. The molecule has 3 aliphatic heterocycles. The van der Waals surface area contributed by atoms with Crippen LogP contribution in [0.25, 0.3) is 5.65 Å². The highest BCUT2D eigenvalue weighted by atomic mass is 16.5. The van der Waals surface area contributed by atoms with Crippen LogP contribution in [-0.2, 0) is 16.1 Å². The van der Waals surface area contributed by atoms with Gasteiger partial charge >= 0.3 is 0 Å². The number of carbonyl (C=O) groups excluding carboxylic acids is 1.